The van der Waals surface area contributed by atoms with E-state index in [1.54, 1.807) is 20.4 Å². The number of aromatic nitrogens is 1. The number of ether oxygens (including phenoxy) is 2. The van der Waals surface area contributed by atoms with Crippen molar-refractivity contribution in [3.05, 3.63) is 22.8 Å². The van der Waals surface area contributed by atoms with Crippen LogP contribution in [0.2, 0.25) is 0 Å². The van der Waals surface area contributed by atoms with Gasteiger partial charge in [-0.05, 0) is 28.1 Å². The van der Waals surface area contributed by atoms with E-state index in [0.717, 1.165) is 10.0 Å². The van der Waals surface area contributed by atoms with Crippen LogP contribution in [-0.4, -0.2) is 19.4 Å². The summed E-state index contributed by atoms with van der Waals surface area (Å²) in [5.41, 5.74) is 7.13. The summed E-state index contributed by atoms with van der Waals surface area (Å²) in [6, 6.07) is 3.71. The third kappa shape index (κ3) is 1.95. The molecule has 0 aliphatic heterocycles. The Morgan fingerprint density at radius 2 is 1.88 bits per heavy atom. The van der Waals surface area contributed by atoms with Gasteiger partial charge < -0.3 is 19.7 Å². The zero-order chi connectivity index (χ0) is 12.4. The highest BCUT2D eigenvalue weighted by Crippen LogP contribution is 2.44. The number of hydrogen-bond acceptors (Lipinski definition) is 5. The maximum atomic E-state index is 5.69. The highest BCUT2D eigenvalue weighted by atomic mass is 79.9. The molecule has 17 heavy (non-hydrogen) atoms. The van der Waals surface area contributed by atoms with Gasteiger partial charge in [-0.3, -0.25) is 0 Å². The molecule has 0 radical (unpaired) electrons. The first-order chi connectivity index (χ1) is 8.19. The molecule has 0 amide bonds. The first-order valence-corrected chi connectivity index (χ1v) is 5.59. The van der Waals surface area contributed by atoms with Crippen LogP contribution in [0.25, 0.3) is 11.1 Å². The van der Waals surface area contributed by atoms with Gasteiger partial charge in [-0.25, -0.2) is 0 Å². The van der Waals surface area contributed by atoms with E-state index in [1.807, 2.05) is 12.1 Å². The Morgan fingerprint density at radius 1 is 1.18 bits per heavy atom. The van der Waals surface area contributed by atoms with Crippen molar-refractivity contribution in [1.82, 2.24) is 5.16 Å². The highest BCUT2D eigenvalue weighted by molar-refractivity contribution is 9.10. The zero-order valence-corrected chi connectivity index (χ0v) is 10.9. The molecule has 1 aromatic carbocycles. The summed E-state index contributed by atoms with van der Waals surface area (Å²) >= 11 is 3.39. The zero-order valence-electron chi connectivity index (χ0n) is 9.36. The van der Waals surface area contributed by atoms with Crippen LogP contribution in [0, 0.1) is 0 Å². The summed E-state index contributed by atoms with van der Waals surface area (Å²) < 4.78 is 16.3. The maximum absolute atomic E-state index is 5.69. The van der Waals surface area contributed by atoms with Crippen LogP contribution in [-0.2, 0) is 0 Å². The van der Waals surface area contributed by atoms with E-state index in [9.17, 15) is 0 Å². The lowest BCUT2D eigenvalue weighted by molar-refractivity contribution is 0.354. The van der Waals surface area contributed by atoms with Crippen LogP contribution < -0.4 is 15.2 Å². The quantitative estimate of drug-likeness (QED) is 0.943. The number of nitrogen functional groups attached to an aromatic ring is 1. The van der Waals surface area contributed by atoms with Crippen LogP contribution in [0.4, 0.5) is 5.88 Å². The number of halogens is 1. The summed E-state index contributed by atoms with van der Waals surface area (Å²) in [7, 11) is 3.14. The minimum Gasteiger partial charge on any atom is -0.492 e. The van der Waals surface area contributed by atoms with Gasteiger partial charge in [-0.1, -0.05) is 5.16 Å². The largest absolute Gasteiger partial charge is 0.492 e. The van der Waals surface area contributed by atoms with E-state index >= 15 is 0 Å². The third-order valence-corrected chi connectivity index (χ3v) is 2.99. The standard InChI is InChI=1S/C11H11BrN2O3/c1-15-9-6(7-5-14-17-11(7)13)3-4-8(12)10(9)16-2/h3-5H,13H2,1-2H3. The summed E-state index contributed by atoms with van der Waals surface area (Å²) in [6.07, 6.45) is 1.54. The van der Waals surface area contributed by atoms with Crippen molar-refractivity contribution in [2.24, 2.45) is 0 Å². The van der Waals surface area contributed by atoms with Crippen LogP contribution in [0.15, 0.2) is 27.3 Å². The van der Waals surface area contributed by atoms with Crippen molar-refractivity contribution in [3.8, 4) is 22.6 Å². The molecule has 0 bridgehead atoms. The molecular weight excluding hydrogens is 288 g/mol. The molecule has 0 fully saturated rings. The molecule has 2 aromatic rings. The van der Waals surface area contributed by atoms with Gasteiger partial charge in [0, 0.05) is 5.56 Å². The molecule has 0 atom stereocenters. The van der Waals surface area contributed by atoms with E-state index in [2.05, 4.69) is 21.1 Å². The average molecular weight is 299 g/mol. The molecule has 5 nitrogen and oxygen atoms in total. The molecule has 6 heteroatoms. The van der Waals surface area contributed by atoms with Crippen molar-refractivity contribution in [1.29, 1.82) is 0 Å². The Labute approximate surface area is 107 Å². The first kappa shape index (κ1) is 11.8. The Kier molecular flexibility index (Phi) is 3.23. The van der Waals surface area contributed by atoms with E-state index in [4.69, 9.17) is 19.7 Å². The monoisotopic (exact) mass is 298 g/mol. The topological polar surface area (TPSA) is 70.5 Å². The fourth-order valence-corrected chi connectivity index (χ4v) is 2.07. The minimum absolute atomic E-state index is 0.243. The summed E-state index contributed by atoms with van der Waals surface area (Å²) in [5.74, 6) is 1.43. The maximum Gasteiger partial charge on any atom is 0.230 e. The Morgan fingerprint density at radius 3 is 2.41 bits per heavy atom. The number of rotatable bonds is 3. The molecule has 1 heterocycles. The van der Waals surface area contributed by atoms with Crippen molar-refractivity contribution < 1.29 is 14.0 Å². The number of benzene rings is 1. The number of methoxy groups -OCH3 is 2. The lowest BCUT2D eigenvalue weighted by atomic mass is 10.1. The van der Waals surface area contributed by atoms with Crippen LogP contribution in [0.1, 0.15) is 0 Å². The fourth-order valence-electron chi connectivity index (χ4n) is 1.59. The molecule has 2 rings (SSSR count). The second-order valence-electron chi connectivity index (χ2n) is 3.27. The summed E-state index contributed by atoms with van der Waals surface area (Å²) in [4.78, 5) is 0. The van der Waals surface area contributed by atoms with Crippen molar-refractivity contribution in [2.75, 3.05) is 20.0 Å². The van der Waals surface area contributed by atoms with Gasteiger partial charge in [0.25, 0.3) is 0 Å². The van der Waals surface area contributed by atoms with Crippen LogP contribution in [0.5, 0.6) is 11.5 Å². The summed E-state index contributed by atoms with van der Waals surface area (Å²) in [5, 5.41) is 3.64. The Hall–Kier alpha value is -1.69. The molecule has 0 unspecified atom stereocenters. The van der Waals surface area contributed by atoms with Gasteiger partial charge >= 0.3 is 0 Å². The van der Waals surface area contributed by atoms with E-state index in [0.29, 0.717) is 17.1 Å². The predicted octanol–water partition coefficient (Wildman–Crippen LogP) is 2.70. The molecular formula is C11H11BrN2O3. The first-order valence-electron chi connectivity index (χ1n) is 4.80. The van der Waals surface area contributed by atoms with E-state index in [-0.39, 0.29) is 5.88 Å². The molecule has 1 aromatic heterocycles. The molecule has 0 saturated carbocycles. The molecule has 0 aliphatic carbocycles. The molecule has 90 valence electrons. The number of nitrogens with zero attached hydrogens (tertiary/aromatic N) is 1. The number of hydrogen-bond donors (Lipinski definition) is 1. The van der Waals surface area contributed by atoms with Gasteiger partial charge in [0.2, 0.25) is 5.88 Å². The van der Waals surface area contributed by atoms with Crippen molar-refractivity contribution >= 4 is 21.8 Å². The summed E-state index contributed by atoms with van der Waals surface area (Å²) in [6.45, 7) is 0. The number of nitrogens with two attached hydrogens (primary N) is 1. The van der Waals surface area contributed by atoms with Gasteiger partial charge in [-0.15, -0.1) is 0 Å². The molecule has 0 saturated heterocycles. The van der Waals surface area contributed by atoms with Crippen molar-refractivity contribution in [2.45, 2.75) is 0 Å². The van der Waals surface area contributed by atoms with E-state index in [1.165, 1.54) is 0 Å². The van der Waals surface area contributed by atoms with Gasteiger partial charge in [0.05, 0.1) is 30.5 Å². The Bertz CT molecular complexity index is 540. The molecule has 0 spiro atoms. The minimum atomic E-state index is 0.243. The van der Waals surface area contributed by atoms with Gasteiger partial charge in [-0.2, -0.15) is 0 Å². The second kappa shape index (κ2) is 4.67. The van der Waals surface area contributed by atoms with E-state index < -0.39 is 0 Å². The van der Waals surface area contributed by atoms with Gasteiger partial charge in [0.15, 0.2) is 11.5 Å². The smallest absolute Gasteiger partial charge is 0.230 e. The predicted molar refractivity (Wildman–Crippen MR) is 67.2 cm³/mol. The lowest BCUT2D eigenvalue weighted by Gasteiger charge is -2.13. The third-order valence-electron chi connectivity index (χ3n) is 2.36. The SMILES string of the molecule is COc1c(Br)ccc(-c2cnoc2N)c1OC. The fraction of sp³-hybridized carbons (Fsp3) is 0.182. The molecule has 0 aliphatic rings. The normalized spacial score (nSPS) is 10.3. The second-order valence-corrected chi connectivity index (χ2v) is 4.12. The Balaban J connectivity index is 2.67. The lowest BCUT2D eigenvalue weighted by Crippen LogP contribution is -1.95. The number of anilines is 1. The highest BCUT2D eigenvalue weighted by Gasteiger charge is 2.18. The average Bonchev–Trinajstić information content (AvgIpc) is 2.74. The van der Waals surface area contributed by atoms with Crippen LogP contribution in [0.3, 0.4) is 0 Å². The van der Waals surface area contributed by atoms with Crippen molar-refractivity contribution in [3.63, 3.8) is 0 Å². The van der Waals surface area contributed by atoms with Gasteiger partial charge in [0.1, 0.15) is 0 Å². The van der Waals surface area contributed by atoms with Crippen LogP contribution >= 0.6 is 15.9 Å². The molecule has 2 N–H and O–H groups in total.